The van der Waals surface area contributed by atoms with Crippen LogP contribution in [0, 0.1) is 0 Å². The minimum Gasteiger partial charge on any atom is -0.394 e. The third-order valence-electron chi connectivity index (χ3n) is 9.58. The van der Waals surface area contributed by atoms with Crippen LogP contribution in [0.5, 0.6) is 0 Å². The minimum atomic E-state index is -1.71. The van der Waals surface area contributed by atoms with Gasteiger partial charge in [-0.2, -0.15) is 0 Å². The summed E-state index contributed by atoms with van der Waals surface area (Å²) in [5.74, 6) is 0.140. The number of aliphatic hydroxyl groups is 7. The molecule has 2 saturated heterocycles. The Morgan fingerprint density at radius 3 is 1.96 bits per heavy atom. The summed E-state index contributed by atoms with van der Waals surface area (Å²) in [6.45, 7) is 1.29. The predicted molar refractivity (Wildman–Crippen MR) is 189 cm³/mol. The van der Waals surface area contributed by atoms with E-state index in [1.165, 1.54) is 12.0 Å². The summed E-state index contributed by atoms with van der Waals surface area (Å²) in [5.41, 5.74) is 1.24. The normalized spacial score (nSPS) is 30.4. The van der Waals surface area contributed by atoms with Crippen molar-refractivity contribution in [2.75, 3.05) is 19.8 Å². The number of rotatable bonds is 24. The average molecular weight is 726 g/mol. The highest BCUT2D eigenvalue weighted by molar-refractivity contribution is 5.75. The van der Waals surface area contributed by atoms with E-state index in [2.05, 4.69) is 29.6 Å². The summed E-state index contributed by atoms with van der Waals surface area (Å²) >= 11 is 0. The van der Waals surface area contributed by atoms with Crippen LogP contribution in [0.3, 0.4) is 0 Å². The molecule has 2 aliphatic rings. The van der Waals surface area contributed by atoms with Crippen molar-refractivity contribution in [3.63, 3.8) is 0 Å². The zero-order valence-electron chi connectivity index (χ0n) is 30.1. The lowest BCUT2D eigenvalue weighted by Crippen LogP contribution is -2.64. The predicted octanol–water partition coefficient (Wildman–Crippen LogP) is 2.00. The number of hydrogen-bond donors (Lipinski definition) is 8. The fraction of sp³-hybridized carbons (Fsp3) is 0.763. The maximum Gasteiger partial charge on any atom is 0.220 e. The molecule has 1 unspecified atom stereocenters. The summed E-state index contributed by atoms with van der Waals surface area (Å²) in [7, 11) is 0. The number of benzene rings is 1. The van der Waals surface area contributed by atoms with E-state index in [4.69, 9.17) is 18.9 Å². The topological polar surface area (TPSA) is 208 Å². The van der Waals surface area contributed by atoms with Gasteiger partial charge in [-0.1, -0.05) is 81.0 Å². The quantitative estimate of drug-likeness (QED) is 0.0569. The van der Waals surface area contributed by atoms with Gasteiger partial charge in [-0.25, -0.2) is 0 Å². The second-order valence-corrected chi connectivity index (χ2v) is 13.8. The molecule has 3 rings (SSSR count). The standard InChI is InChI=1S/C38H63NO12/c1-26(48-38-36(34(46)32(44)29(25-41)50-38)51-37-35(47)33(45)31(43)28(24-40)49-37)18-14-11-9-7-5-3-2-4-6-8-10-12-17-21-30(42)39-23-22-27-19-15-13-16-20-27/h2-3,13,15-16,19-20,26,28-29,31-38,40-41,43-47H,4-12,14,17-18,21-25H2,1H3,(H,39,42)/b3-2+/t26?,28-,29-,31-,32-,33+,34+,35-,36-,37+,38-/m1/s1. The van der Waals surface area contributed by atoms with Crippen LogP contribution in [0.2, 0.25) is 0 Å². The van der Waals surface area contributed by atoms with Gasteiger partial charge in [0.1, 0.15) is 48.8 Å². The number of aliphatic hydroxyl groups excluding tert-OH is 7. The number of unbranched alkanes of at least 4 members (excludes halogenated alkanes) is 9. The molecule has 8 N–H and O–H groups in total. The van der Waals surface area contributed by atoms with Crippen LogP contribution in [0.25, 0.3) is 0 Å². The molecule has 0 bridgehead atoms. The first kappa shape index (κ1) is 43.4. The van der Waals surface area contributed by atoms with Crippen LogP contribution in [0.1, 0.15) is 96.0 Å². The Morgan fingerprint density at radius 1 is 0.745 bits per heavy atom. The molecule has 0 aromatic heterocycles. The molecule has 11 atom stereocenters. The van der Waals surface area contributed by atoms with Crippen molar-refractivity contribution in [3.05, 3.63) is 48.0 Å². The molecule has 2 heterocycles. The number of carbonyl (C=O) groups excluding carboxylic acids is 1. The molecule has 51 heavy (non-hydrogen) atoms. The molecule has 292 valence electrons. The molecule has 1 aromatic carbocycles. The fourth-order valence-electron chi connectivity index (χ4n) is 6.38. The molecule has 13 heteroatoms. The number of hydrogen-bond acceptors (Lipinski definition) is 12. The highest BCUT2D eigenvalue weighted by Crippen LogP contribution is 2.30. The first-order valence-electron chi connectivity index (χ1n) is 18.9. The Balaban J connectivity index is 1.22. The molecular weight excluding hydrogens is 662 g/mol. The van der Waals surface area contributed by atoms with Gasteiger partial charge in [-0.05, 0) is 57.4 Å². The molecule has 2 aliphatic heterocycles. The van der Waals surface area contributed by atoms with Gasteiger partial charge in [0, 0.05) is 13.0 Å². The van der Waals surface area contributed by atoms with Gasteiger partial charge in [0.2, 0.25) is 5.91 Å². The van der Waals surface area contributed by atoms with E-state index < -0.39 is 74.6 Å². The second kappa shape index (κ2) is 24.3. The summed E-state index contributed by atoms with van der Waals surface area (Å²) < 4.78 is 22.9. The van der Waals surface area contributed by atoms with Crippen LogP contribution in [0.4, 0.5) is 0 Å². The van der Waals surface area contributed by atoms with Crippen molar-refractivity contribution in [2.24, 2.45) is 0 Å². The Morgan fingerprint density at radius 2 is 1.31 bits per heavy atom. The van der Waals surface area contributed by atoms with Gasteiger partial charge in [-0.3, -0.25) is 4.79 Å². The van der Waals surface area contributed by atoms with Crippen molar-refractivity contribution in [1.82, 2.24) is 5.32 Å². The molecule has 1 amide bonds. The van der Waals surface area contributed by atoms with Gasteiger partial charge in [0.25, 0.3) is 0 Å². The zero-order chi connectivity index (χ0) is 37.0. The van der Waals surface area contributed by atoms with Gasteiger partial charge in [-0.15, -0.1) is 0 Å². The van der Waals surface area contributed by atoms with Crippen LogP contribution in [0.15, 0.2) is 42.5 Å². The highest BCUT2D eigenvalue weighted by Gasteiger charge is 2.51. The maximum absolute atomic E-state index is 12.0. The fourth-order valence-corrected chi connectivity index (χ4v) is 6.38. The lowest BCUT2D eigenvalue weighted by molar-refractivity contribution is -0.371. The van der Waals surface area contributed by atoms with Crippen molar-refractivity contribution < 1.29 is 59.5 Å². The third-order valence-corrected chi connectivity index (χ3v) is 9.58. The van der Waals surface area contributed by atoms with Crippen LogP contribution < -0.4 is 5.32 Å². The number of amides is 1. The van der Waals surface area contributed by atoms with Gasteiger partial charge < -0.3 is 60.0 Å². The summed E-state index contributed by atoms with van der Waals surface area (Å²) in [4.78, 5) is 12.0. The van der Waals surface area contributed by atoms with Crippen molar-refractivity contribution in [2.45, 2.75) is 164 Å². The zero-order valence-corrected chi connectivity index (χ0v) is 30.1. The molecular formula is C38H63NO12. The first-order valence-corrected chi connectivity index (χ1v) is 18.9. The monoisotopic (exact) mass is 725 g/mol. The Kier molecular flexibility index (Phi) is 20.7. The number of ether oxygens (including phenoxy) is 4. The lowest BCUT2D eigenvalue weighted by Gasteiger charge is -2.46. The van der Waals surface area contributed by atoms with E-state index in [0.29, 0.717) is 19.4 Å². The number of nitrogens with one attached hydrogen (secondary N) is 1. The minimum absolute atomic E-state index is 0.140. The number of allylic oxidation sites excluding steroid dienone is 2. The van der Waals surface area contributed by atoms with E-state index in [1.54, 1.807) is 0 Å². The molecule has 13 nitrogen and oxygen atoms in total. The van der Waals surface area contributed by atoms with E-state index >= 15 is 0 Å². The Bertz CT molecular complexity index is 1090. The molecule has 1 aromatic rings. The molecule has 0 spiro atoms. The summed E-state index contributed by atoms with van der Waals surface area (Å²) in [6, 6.07) is 10.2. The number of carbonyl (C=O) groups is 1. The van der Waals surface area contributed by atoms with Crippen molar-refractivity contribution in [1.29, 1.82) is 0 Å². The highest BCUT2D eigenvalue weighted by atomic mass is 16.8. The molecule has 0 radical (unpaired) electrons. The summed E-state index contributed by atoms with van der Waals surface area (Å²) in [6.07, 6.45) is 3.33. The average Bonchev–Trinajstić information content (AvgIpc) is 3.13. The molecule has 0 saturated carbocycles. The molecule has 0 aliphatic carbocycles. The third kappa shape index (κ3) is 15.1. The maximum atomic E-state index is 12.0. The second-order valence-electron chi connectivity index (χ2n) is 13.8. The van der Waals surface area contributed by atoms with E-state index in [9.17, 15) is 40.5 Å². The van der Waals surface area contributed by atoms with Crippen LogP contribution >= 0.6 is 0 Å². The lowest BCUT2D eigenvalue weighted by atomic mass is 9.97. The Labute approximate surface area is 302 Å². The largest absolute Gasteiger partial charge is 0.394 e. The van der Waals surface area contributed by atoms with Crippen molar-refractivity contribution in [3.8, 4) is 0 Å². The smallest absolute Gasteiger partial charge is 0.220 e. The van der Waals surface area contributed by atoms with Gasteiger partial charge >= 0.3 is 0 Å². The van der Waals surface area contributed by atoms with Gasteiger partial charge in [0.05, 0.1) is 19.3 Å². The van der Waals surface area contributed by atoms with E-state index in [-0.39, 0.29) is 12.0 Å². The van der Waals surface area contributed by atoms with E-state index in [1.807, 2.05) is 25.1 Å². The van der Waals surface area contributed by atoms with Crippen molar-refractivity contribution >= 4 is 5.91 Å². The molecule has 2 fully saturated rings. The first-order chi connectivity index (χ1) is 24.7. The van der Waals surface area contributed by atoms with Crippen LogP contribution in [-0.2, 0) is 30.2 Å². The SMILES string of the molecule is CC(CCCCCC/C=C/CCCCCCCC(=O)NCCc1ccccc1)O[C@@H]1O[C@H](CO)[C@@H](O)[C@H](O)[C@H]1O[C@@H]1O[C@H](CO)[C@@H](O)[C@H](O)[C@H]1O. The summed E-state index contributed by atoms with van der Waals surface area (Å²) in [5, 5.41) is 73.9. The van der Waals surface area contributed by atoms with Crippen LogP contribution in [-0.4, -0.2) is 129 Å². The van der Waals surface area contributed by atoms with Gasteiger partial charge in [0.15, 0.2) is 12.6 Å². The Hall–Kier alpha value is -2.01. The van der Waals surface area contributed by atoms with E-state index in [0.717, 1.165) is 70.6 Å².